The van der Waals surface area contributed by atoms with Crippen LogP contribution < -0.4 is 0 Å². The molecule has 1 unspecified atom stereocenters. The molecule has 2 N–H and O–H groups in total. The molecule has 4 heteroatoms. The van der Waals surface area contributed by atoms with E-state index >= 15 is 0 Å². The fraction of sp³-hybridized carbons (Fsp3) is 0.400. The number of aliphatic carboxylic acids is 2. The topological polar surface area (TPSA) is 74.6 Å². The molecule has 0 rings (SSSR count). The van der Waals surface area contributed by atoms with Crippen LogP contribution in [0.2, 0.25) is 0 Å². The molecule has 0 amide bonds. The van der Waals surface area contributed by atoms with Gasteiger partial charge in [-0.1, -0.05) is 19.1 Å². The molecule has 4 nitrogen and oxygen atoms in total. The van der Waals surface area contributed by atoms with Gasteiger partial charge in [0.25, 0.3) is 0 Å². The first-order chi connectivity index (χ1) is 6.52. The second kappa shape index (κ2) is 6.88. The first-order valence-electron chi connectivity index (χ1n) is 4.33. The van der Waals surface area contributed by atoms with Crippen molar-refractivity contribution in [1.82, 2.24) is 0 Å². The predicted octanol–water partition coefficient (Wildman–Crippen LogP) is 1.68. The van der Waals surface area contributed by atoms with Gasteiger partial charge < -0.3 is 10.2 Å². The molecule has 0 aromatic rings. The SMILES string of the molecule is CC(/C=C/C(=O)O)CC/C=C/C(=O)O. The van der Waals surface area contributed by atoms with Crippen LogP contribution in [0, 0.1) is 5.92 Å². The Bertz CT molecular complexity index is 253. The minimum atomic E-state index is -0.960. The van der Waals surface area contributed by atoms with Crippen molar-refractivity contribution in [3.63, 3.8) is 0 Å². The Morgan fingerprint density at radius 2 is 1.79 bits per heavy atom. The van der Waals surface area contributed by atoms with Crippen molar-refractivity contribution in [2.75, 3.05) is 0 Å². The minimum Gasteiger partial charge on any atom is -0.478 e. The van der Waals surface area contributed by atoms with Crippen LogP contribution >= 0.6 is 0 Å². The number of rotatable bonds is 6. The molecule has 0 aliphatic carbocycles. The van der Waals surface area contributed by atoms with Gasteiger partial charge in [0.05, 0.1) is 0 Å². The molecule has 0 aliphatic rings. The highest BCUT2D eigenvalue weighted by Gasteiger charge is 1.96. The molecule has 0 aromatic carbocycles. The highest BCUT2D eigenvalue weighted by molar-refractivity contribution is 5.80. The zero-order valence-electron chi connectivity index (χ0n) is 8.01. The highest BCUT2D eigenvalue weighted by atomic mass is 16.4. The summed E-state index contributed by atoms with van der Waals surface area (Å²) in [4.78, 5) is 20.2. The van der Waals surface area contributed by atoms with Gasteiger partial charge in [-0.15, -0.1) is 0 Å². The van der Waals surface area contributed by atoms with Crippen LogP contribution in [0.25, 0.3) is 0 Å². The number of hydrogen-bond acceptors (Lipinski definition) is 2. The van der Waals surface area contributed by atoms with E-state index in [0.29, 0.717) is 6.42 Å². The van der Waals surface area contributed by atoms with Gasteiger partial charge >= 0.3 is 11.9 Å². The summed E-state index contributed by atoms with van der Waals surface area (Å²) in [7, 11) is 0. The summed E-state index contributed by atoms with van der Waals surface area (Å²) in [5.74, 6) is -1.78. The molecule has 0 bridgehead atoms. The summed E-state index contributed by atoms with van der Waals surface area (Å²) in [5, 5.41) is 16.6. The van der Waals surface area contributed by atoms with Crippen molar-refractivity contribution in [3.05, 3.63) is 24.3 Å². The molecule has 0 aliphatic heterocycles. The van der Waals surface area contributed by atoms with E-state index in [-0.39, 0.29) is 5.92 Å². The number of carboxylic acid groups (broad SMARTS) is 2. The third-order valence-electron chi connectivity index (χ3n) is 1.62. The number of carbonyl (C=O) groups is 2. The van der Waals surface area contributed by atoms with Crippen LogP contribution in [-0.4, -0.2) is 22.2 Å². The van der Waals surface area contributed by atoms with Gasteiger partial charge in [-0.25, -0.2) is 9.59 Å². The van der Waals surface area contributed by atoms with Gasteiger partial charge in [0, 0.05) is 12.2 Å². The van der Waals surface area contributed by atoms with E-state index in [1.165, 1.54) is 0 Å². The van der Waals surface area contributed by atoms with Crippen LogP contribution in [0.3, 0.4) is 0 Å². The van der Waals surface area contributed by atoms with Gasteiger partial charge in [0.2, 0.25) is 0 Å². The van der Waals surface area contributed by atoms with Crippen LogP contribution in [0.4, 0.5) is 0 Å². The molecule has 78 valence electrons. The normalized spacial score (nSPS) is 13.5. The van der Waals surface area contributed by atoms with Crippen LogP contribution in [0.1, 0.15) is 19.8 Å². The Hall–Kier alpha value is -1.58. The molecule has 14 heavy (non-hydrogen) atoms. The third kappa shape index (κ3) is 8.52. The Morgan fingerprint density at radius 1 is 1.21 bits per heavy atom. The van der Waals surface area contributed by atoms with E-state index < -0.39 is 11.9 Å². The van der Waals surface area contributed by atoms with Gasteiger partial charge in [0.1, 0.15) is 0 Å². The summed E-state index contributed by atoms with van der Waals surface area (Å²) >= 11 is 0. The van der Waals surface area contributed by atoms with Crippen molar-refractivity contribution in [3.8, 4) is 0 Å². The van der Waals surface area contributed by atoms with Crippen molar-refractivity contribution < 1.29 is 19.8 Å². The molecular weight excluding hydrogens is 184 g/mol. The van der Waals surface area contributed by atoms with Crippen molar-refractivity contribution in [2.45, 2.75) is 19.8 Å². The maximum absolute atomic E-state index is 10.1. The summed E-state index contributed by atoms with van der Waals surface area (Å²) in [5.41, 5.74) is 0. The highest BCUT2D eigenvalue weighted by Crippen LogP contribution is 2.07. The fourth-order valence-corrected chi connectivity index (χ4v) is 0.886. The lowest BCUT2D eigenvalue weighted by Crippen LogP contribution is -1.93. The lowest BCUT2D eigenvalue weighted by molar-refractivity contribution is -0.132. The van der Waals surface area contributed by atoms with E-state index in [1.54, 1.807) is 12.2 Å². The molecule has 0 saturated heterocycles. The molecule has 0 fully saturated rings. The molecule has 0 saturated carbocycles. The lowest BCUT2D eigenvalue weighted by Gasteiger charge is -2.01. The van der Waals surface area contributed by atoms with Crippen LogP contribution in [0.15, 0.2) is 24.3 Å². The lowest BCUT2D eigenvalue weighted by atomic mass is 10.1. The Morgan fingerprint density at radius 3 is 2.29 bits per heavy atom. The van der Waals surface area contributed by atoms with E-state index in [4.69, 9.17) is 10.2 Å². The third-order valence-corrected chi connectivity index (χ3v) is 1.62. The molecule has 0 heterocycles. The summed E-state index contributed by atoms with van der Waals surface area (Å²) in [6, 6.07) is 0. The minimum absolute atomic E-state index is 0.143. The molecule has 0 aromatic heterocycles. The number of carboxylic acids is 2. The first kappa shape index (κ1) is 12.4. The molecule has 0 spiro atoms. The fourth-order valence-electron chi connectivity index (χ4n) is 0.886. The van der Waals surface area contributed by atoms with Crippen LogP contribution in [0.5, 0.6) is 0 Å². The average molecular weight is 198 g/mol. The summed E-state index contributed by atoms with van der Waals surface area (Å²) in [6.07, 6.45) is 6.73. The zero-order chi connectivity index (χ0) is 11.0. The van der Waals surface area contributed by atoms with E-state index in [9.17, 15) is 9.59 Å². The van der Waals surface area contributed by atoms with Gasteiger partial charge in [0.15, 0.2) is 0 Å². The van der Waals surface area contributed by atoms with Gasteiger partial charge in [-0.2, -0.15) is 0 Å². The summed E-state index contributed by atoms with van der Waals surface area (Å²) < 4.78 is 0. The average Bonchev–Trinajstić information content (AvgIpc) is 2.08. The maximum Gasteiger partial charge on any atom is 0.327 e. The predicted molar refractivity (Wildman–Crippen MR) is 51.9 cm³/mol. The first-order valence-corrected chi connectivity index (χ1v) is 4.33. The van der Waals surface area contributed by atoms with E-state index in [0.717, 1.165) is 18.6 Å². The van der Waals surface area contributed by atoms with Crippen molar-refractivity contribution in [1.29, 1.82) is 0 Å². The second-order valence-corrected chi connectivity index (χ2v) is 2.99. The monoisotopic (exact) mass is 198 g/mol. The van der Waals surface area contributed by atoms with E-state index in [2.05, 4.69) is 0 Å². The molecule has 0 radical (unpaired) electrons. The second-order valence-electron chi connectivity index (χ2n) is 2.99. The van der Waals surface area contributed by atoms with Crippen LogP contribution in [-0.2, 0) is 9.59 Å². The van der Waals surface area contributed by atoms with Gasteiger partial charge in [-0.3, -0.25) is 0 Å². The Balaban J connectivity index is 3.69. The smallest absolute Gasteiger partial charge is 0.327 e. The number of hydrogen-bond donors (Lipinski definition) is 2. The Kier molecular flexibility index (Phi) is 6.11. The van der Waals surface area contributed by atoms with Gasteiger partial charge in [-0.05, 0) is 18.8 Å². The standard InChI is InChI=1S/C10H14O4/c1-8(6-7-10(13)14)4-2-3-5-9(11)12/h3,5-8H,2,4H2,1H3,(H,11,12)(H,13,14)/b5-3+,7-6+. The quantitative estimate of drug-likeness (QED) is 0.637. The largest absolute Gasteiger partial charge is 0.478 e. The molecule has 1 atom stereocenters. The van der Waals surface area contributed by atoms with Crippen molar-refractivity contribution in [2.24, 2.45) is 5.92 Å². The van der Waals surface area contributed by atoms with E-state index in [1.807, 2.05) is 6.92 Å². The molecular formula is C10H14O4. The number of allylic oxidation sites excluding steroid dienone is 2. The summed E-state index contributed by atoms with van der Waals surface area (Å²) in [6.45, 7) is 1.88. The zero-order valence-corrected chi connectivity index (χ0v) is 8.01. The van der Waals surface area contributed by atoms with Crippen molar-refractivity contribution >= 4 is 11.9 Å². The Labute approximate surface area is 82.6 Å². The maximum atomic E-state index is 10.1.